The highest BCUT2D eigenvalue weighted by atomic mass is 32.2. The van der Waals surface area contributed by atoms with Gasteiger partial charge in [-0.1, -0.05) is 24.6 Å². The molecule has 2 saturated heterocycles. The van der Waals surface area contributed by atoms with E-state index in [1.807, 2.05) is 7.05 Å². The van der Waals surface area contributed by atoms with Gasteiger partial charge in [0.25, 0.3) is 0 Å². The number of morpholine rings is 1. The smallest absolute Gasteiger partial charge is 0.244 e. The van der Waals surface area contributed by atoms with Crippen LogP contribution in [0.4, 0.5) is 11.5 Å². The predicted molar refractivity (Wildman–Crippen MR) is 118 cm³/mol. The van der Waals surface area contributed by atoms with Crippen molar-refractivity contribution in [3.63, 3.8) is 0 Å². The quantitative estimate of drug-likeness (QED) is 0.702. The van der Waals surface area contributed by atoms with Crippen molar-refractivity contribution in [2.24, 2.45) is 0 Å². The Balaban J connectivity index is 1.48. The fraction of sp³-hybridized carbons (Fsp3) is 0.500. The van der Waals surface area contributed by atoms with Crippen LogP contribution in [0.5, 0.6) is 0 Å². The molecule has 7 nitrogen and oxygen atoms in total. The summed E-state index contributed by atoms with van der Waals surface area (Å²) in [7, 11) is -1.47. The number of sulfonamides is 1. The van der Waals surface area contributed by atoms with Crippen molar-refractivity contribution in [2.45, 2.75) is 30.7 Å². The maximum atomic E-state index is 12.8. The number of aromatic nitrogens is 1. The third kappa shape index (κ3) is 4.61. The Morgan fingerprint density at radius 2 is 1.73 bits per heavy atom. The number of hydrogen-bond donors (Lipinski definition) is 0. The number of hydrogen-bond acceptors (Lipinski definition) is 6. The molecule has 0 N–H and O–H groups in total. The lowest BCUT2D eigenvalue weighted by Gasteiger charge is -2.31. The van der Waals surface area contributed by atoms with E-state index >= 15 is 0 Å². The first kappa shape index (κ1) is 21.1. The van der Waals surface area contributed by atoms with Crippen LogP contribution in [0.1, 0.15) is 24.8 Å². The summed E-state index contributed by atoms with van der Waals surface area (Å²) in [5, 5.41) is 0. The first-order valence-corrected chi connectivity index (χ1v) is 12.1. The monoisotopic (exact) mass is 430 g/mol. The lowest BCUT2D eigenvalue weighted by atomic mass is 10.1. The van der Waals surface area contributed by atoms with Crippen LogP contribution in [0, 0.1) is 0 Å². The first-order chi connectivity index (χ1) is 14.6. The Labute approximate surface area is 179 Å². The molecule has 8 heteroatoms. The van der Waals surface area contributed by atoms with Crippen LogP contribution in [-0.2, 0) is 21.3 Å². The largest absolute Gasteiger partial charge is 0.378 e. The Hall–Kier alpha value is -2.16. The zero-order valence-electron chi connectivity index (χ0n) is 17.5. The molecule has 1 aromatic heterocycles. The average Bonchev–Trinajstić information content (AvgIpc) is 2.80. The SMILES string of the molecule is CN(Cc1ccccc1N1CCOCC1)c1ccc(S(=O)(=O)N2CCCCC2)cn1. The Morgan fingerprint density at radius 3 is 2.43 bits per heavy atom. The van der Waals surface area contributed by atoms with Crippen LogP contribution >= 0.6 is 0 Å². The third-order valence-electron chi connectivity index (χ3n) is 5.82. The second-order valence-corrected chi connectivity index (χ2v) is 9.84. The zero-order valence-corrected chi connectivity index (χ0v) is 18.4. The van der Waals surface area contributed by atoms with Crippen LogP contribution in [-0.4, -0.2) is 64.1 Å². The van der Waals surface area contributed by atoms with E-state index in [1.165, 1.54) is 17.4 Å². The highest BCUT2D eigenvalue weighted by molar-refractivity contribution is 7.89. The average molecular weight is 431 g/mol. The van der Waals surface area contributed by atoms with Crippen LogP contribution in [0.2, 0.25) is 0 Å². The molecular formula is C22H30N4O3S. The van der Waals surface area contributed by atoms with E-state index in [0.717, 1.165) is 51.4 Å². The number of ether oxygens (including phenoxy) is 1. The Kier molecular flexibility index (Phi) is 6.55. The Morgan fingerprint density at radius 1 is 1.00 bits per heavy atom. The Bertz CT molecular complexity index is 937. The maximum absolute atomic E-state index is 12.8. The molecule has 162 valence electrons. The fourth-order valence-electron chi connectivity index (χ4n) is 4.10. The molecule has 2 aromatic rings. The molecule has 0 aliphatic carbocycles. The van der Waals surface area contributed by atoms with Crippen molar-refractivity contribution in [1.29, 1.82) is 0 Å². The van der Waals surface area contributed by atoms with Crippen molar-refractivity contribution in [3.8, 4) is 0 Å². The van der Waals surface area contributed by atoms with Crippen molar-refractivity contribution >= 4 is 21.5 Å². The molecular weight excluding hydrogens is 400 g/mol. The van der Waals surface area contributed by atoms with E-state index < -0.39 is 10.0 Å². The van der Waals surface area contributed by atoms with Crippen molar-refractivity contribution in [3.05, 3.63) is 48.2 Å². The summed E-state index contributed by atoms with van der Waals surface area (Å²) in [5.74, 6) is 0.754. The second-order valence-electron chi connectivity index (χ2n) is 7.90. The van der Waals surface area contributed by atoms with E-state index in [9.17, 15) is 8.42 Å². The van der Waals surface area contributed by atoms with Gasteiger partial charge in [0.15, 0.2) is 0 Å². The minimum absolute atomic E-state index is 0.273. The highest BCUT2D eigenvalue weighted by Gasteiger charge is 2.26. The molecule has 3 heterocycles. The van der Waals surface area contributed by atoms with Gasteiger partial charge in [-0.05, 0) is 36.6 Å². The van der Waals surface area contributed by atoms with E-state index in [-0.39, 0.29) is 4.90 Å². The third-order valence-corrected chi connectivity index (χ3v) is 7.70. The maximum Gasteiger partial charge on any atom is 0.244 e. The fourth-order valence-corrected chi connectivity index (χ4v) is 5.56. The molecule has 2 aliphatic rings. The normalized spacial score (nSPS) is 18.4. The van der Waals surface area contributed by atoms with E-state index in [4.69, 9.17) is 4.74 Å². The molecule has 2 aliphatic heterocycles. The standard InChI is InChI=1S/C22H30N4O3S/c1-24(18-19-7-3-4-8-21(19)25-13-15-29-16-14-25)22-10-9-20(17-23-22)30(27,28)26-11-5-2-6-12-26/h3-4,7-10,17H,2,5-6,11-16,18H2,1H3. The summed E-state index contributed by atoms with van der Waals surface area (Å²) in [6, 6.07) is 11.9. The van der Waals surface area contributed by atoms with Crippen molar-refractivity contribution < 1.29 is 13.2 Å². The van der Waals surface area contributed by atoms with Gasteiger partial charge in [0.05, 0.1) is 13.2 Å². The number of para-hydroxylation sites is 1. The molecule has 0 spiro atoms. The lowest BCUT2D eigenvalue weighted by molar-refractivity contribution is 0.122. The van der Waals surface area contributed by atoms with Crippen LogP contribution in [0.3, 0.4) is 0 Å². The zero-order chi connectivity index (χ0) is 21.0. The van der Waals surface area contributed by atoms with E-state index in [2.05, 4.69) is 39.0 Å². The summed E-state index contributed by atoms with van der Waals surface area (Å²) in [5.41, 5.74) is 2.44. The minimum Gasteiger partial charge on any atom is -0.378 e. The number of benzene rings is 1. The van der Waals surface area contributed by atoms with E-state index in [0.29, 0.717) is 19.6 Å². The summed E-state index contributed by atoms with van der Waals surface area (Å²) in [6.45, 7) is 5.17. The molecule has 4 rings (SSSR count). The topological polar surface area (TPSA) is 66.0 Å². The summed E-state index contributed by atoms with van der Waals surface area (Å²) in [4.78, 5) is 9.15. The van der Waals surface area contributed by atoms with Gasteiger partial charge >= 0.3 is 0 Å². The molecule has 0 saturated carbocycles. The molecule has 2 fully saturated rings. The van der Waals surface area contributed by atoms with Gasteiger partial charge in [-0.25, -0.2) is 13.4 Å². The number of piperidine rings is 1. The number of anilines is 2. The van der Waals surface area contributed by atoms with Gasteiger partial charge in [-0.3, -0.25) is 0 Å². The van der Waals surface area contributed by atoms with Crippen LogP contribution < -0.4 is 9.80 Å². The first-order valence-electron chi connectivity index (χ1n) is 10.6. The molecule has 0 amide bonds. The molecule has 0 unspecified atom stereocenters. The molecule has 1 aromatic carbocycles. The van der Waals surface area contributed by atoms with Crippen LogP contribution in [0.25, 0.3) is 0 Å². The van der Waals surface area contributed by atoms with Gasteiger partial charge in [-0.15, -0.1) is 0 Å². The highest BCUT2D eigenvalue weighted by Crippen LogP contribution is 2.25. The van der Waals surface area contributed by atoms with Gasteiger partial charge in [0.1, 0.15) is 10.7 Å². The van der Waals surface area contributed by atoms with Crippen LogP contribution in [0.15, 0.2) is 47.5 Å². The molecule has 0 bridgehead atoms. The van der Waals surface area contributed by atoms with E-state index in [1.54, 1.807) is 16.4 Å². The molecule has 30 heavy (non-hydrogen) atoms. The molecule has 0 radical (unpaired) electrons. The summed E-state index contributed by atoms with van der Waals surface area (Å²) in [6.07, 6.45) is 4.44. The predicted octanol–water partition coefficient (Wildman–Crippen LogP) is 2.73. The lowest BCUT2D eigenvalue weighted by Crippen LogP contribution is -2.37. The van der Waals surface area contributed by atoms with Gasteiger partial charge in [0, 0.05) is 51.7 Å². The number of rotatable bonds is 6. The minimum atomic E-state index is -3.45. The van der Waals surface area contributed by atoms with Crippen molar-refractivity contribution in [1.82, 2.24) is 9.29 Å². The summed E-state index contributed by atoms with van der Waals surface area (Å²) < 4.78 is 32.7. The second kappa shape index (κ2) is 9.32. The summed E-state index contributed by atoms with van der Waals surface area (Å²) >= 11 is 0. The number of nitrogens with zero attached hydrogens (tertiary/aromatic N) is 4. The van der Waals surface area contributed by atoms with Gasteiger partial charge < -0.3 is 14.5 Å². The number of pyridine rings is 1. The molecule has 0 atom stereocenters. The van der Waals surface area contributed by atoms with Gasteiger partial charge in [0.2, 0.25) is 10.0 Å². The van der Waals surface area contributed by atoms with Gasteiger partial charge in [-0.2, -0.15) is 4.31 Å². The van der Waals surface area contributed by atoms with Crippen molar-refractivity contribution in [2.75, 3.05) is 56.2 Å².